The molecule has 0 amide bonds. The SMILES string of the molecule is C/C=C\C(=C/C)c1ccc(=C/C)/c(=C\C)c1. The molecule has 1 aromatic rings. The normalized spacial score (nSPS) is 15.1. The first-order valence-electron chi connectivity index (χ1n) is 5.79. The Balaban J connectivity index is 3.40. The van der Waals surface area contributed by atoms with E-state index in [-0.39, 0.29) is 0 Å². The van der Waals surface area contributed by atoms with Crippen LogP contribution < -0.4 is 10.4 Å². The largest absolute Gasteiger partial charge is 0.0871 e. The molecule has 0 radical (unpaired) electrons. The predicted molar refractivity (Wildman–Crippen MR) is 74.4 cm³/mol. The van der Waals surface area contributed by atoms with Gasteiger partial charge in [-0.2, -0.15) is 0 Å². The van der Waals surface area contributed by atoms with Gasteiger partial charge in [0.05, 0.1) is 0 Å². The number of benzene rings is 1. The summed E-state index contributed by atoms with van der Waals surface area (Å²) >= 11 is 0. The van der Waals surface area contributed by atoms with E-state index in [9.17, 15) is 0 Å². The maximum absolute atomic E-state index is 2.24. The Morgan fingerprint density at radius 1 is 0.938 bits per heavy atom. The summed E-state index contributed by atoms with van der Waals surface area (Å²) in [5, 5.41) is 2.59. The second-order valence-electron chi connectivity index (χ2n) is 3.67. The lowest BCUT2D eigenvalue weighted by atomic mass is 10.0. The van der Waals surface area contributed by atoms with Gasteiger partial charge >= 0.3 is 0 Å². The molecule has 0 aromatic heterocycles. The van der Waals surface area contributed by atoms with Gasteiger partial charge in [-0.15, -0.1) is 0 Å². The molecule has 0 heterocycles. The third kappa shape index (κ3) is 2.73. The summed E-state index contributed by atoms with van der Waals surface area (Å²) in [4.78, 5) is 0. The zero-order chi connectivity index (χ0) is 12.0. The Bertz CT molecular complexity index is 513. The van der Waals surface area contributed by atoms with Crippen LogP contribution in [0.1, 0.15) is 33.3 Å². The second kappa shape index (κ2) is 6.12. The summed E-state index contributed by atoms with van der Waals surface area (Å²) in [6.07, 6.45) is 10.7. The molecule has 0 aliphatic heterocycles. The highest BCUT2D eigenvalue weighted by Crippen LogP contribution is 2.12. The van der Waals surface area contributed by atoms with Crippen LogP contribution >= 0.6 is 0 Å². The Kier molecular flexibility index (Phi) is 4.78. The molecule has 16 heavy (non-hydrogen) atoms. The lowest BCUT2D eigenvalue weighted by molar-refractivity contribution is 1.46. The summed E-state index contributed by atoms with van der Waals surface area (Å²) in [5.41, 5.74) is 2.55. The monoisotopic (exact) mass is 212 g/mol. The number of allylic oxidation sites excluding steroid dienone is 4. The van der Waals surface area contributed by atoms with Gasteiger partial charge in [0.1, 0.15) is 0 Å². The molecule has 0 heteroatoms. The van der Waals surface area contributed by atoms with Crippen molar-refractivity contribution >= 4 is 17.7 Å². The van der Waals surface area contributed by atoms with E-state index in [1.54, 1.807) is 0 Å². The molecule has 0 saturated heterocycles. The topological polar surface area (TPSA) is 0 Å². The van der Waals surface area contributed by atoms with Crippen molar-refractivity contribution in [2.75, 3.05) is 0 Å². The second-order valence-corrected chi connectivity index (χ2v) is 3.67. The molecule has 0 spiro atoms. The highest BCUT2D eigenvalue weighted by Gasteiger charge is 1.96. The van der Waals surface area contributed by atoms with Crippen LogP contribution in [0.4, 0.5) is 0 Å². The molecular weight excluding hydrogens is 192 g/mol. The molecule has 1 rings (SSSR count). The minimum atomic E-state index is 1.27. The fourth-order valence-electron chi connectivity index (χ4n) is 1.81. The third-order valence-corrected chi connectivity index (χ3v) is 2.70. The van der Waals surface area contributed by atoms with Crippen molar-refractivity contribution in [2.45, 2.75) is 27.7 Å². The first-order valence-corrected chi connectivity index (χ1v) is 5.79. The molecule has 0 nitrogen and oxygen atoms in total. The van der Waals surface area contributed by atoms with Gasteiger partial charge in [-0.3, -0.25) is 0 Å². The van der Waals surface area contributed by atoms with Gasteiger partial charge in [0.25, 0.3) is 0 Å². The van der Waals surface area contributed by atoms with Crippen LogP contribution in [-0.4, -0.2) is 0 Å². The zero-order valence-electron chi connectivity index (χ0n) is 10.6. The van der Waals surface area contributed by atoms with Gasteiger partial charge in [0.2, 0.25) is 0 Å². The Hall–Kier alpha value is -1.56. The smallest absolute Gasteiger partial charge is 0.0181 e. The van der Waals surface area contributed by atoms with Gasteiger partial charge in [-0.1, -0.05) is 42.5 Å². The van der Waals surface area contributed by atoms with E-state index >= 15 is 0 Å². The van der Waals surface area contributed by atoms with Crippen molar-refractivity contribution in [3.05, 3.63) is 52.4 Å². The fraction of sp³-hybridized carbons (Fsp3) is 0.250. The Morgan fingerprint density at radius 2 is 1.62 bits per heavy atom. The molecule has 0 bridgehead atoms. The van der Waals surface area contributed by atoms with Gasteiger partial charge in [-0.25, -0.2) is 0 Å². The first kappa shape index (κ1) is 12.5. The average molecular weight is 212 g/mol. The minimum absolute atomic E-state index is 1.27. The number of hydrogen-bond donors (Lipinski definition) is 0. The van der Waals surface area contributed by atoms with Crippen molar-refractivity contribution in [3.8, 4) is 0 Å². The van der Waals surface area contributed by atoms with Crippen LogP contribution in [-0.2, 0) is 0 Å². The number of hydrogen-bond acceptors (Lipinski definition) is 0. The van der Waals surface area contributed by atoms with Crippen molar-refractivity contribution in [1.29, 1.82) is 0 Å². The summed E-state index contributed by atoms with van der Waals surface area (Å²) in [6, 6.07) is 6.60. The van der Waals surface area contributed by atoms with Crippen LogP contribution in [0.2, 0.25) is 0 Å². The van der Waals surface area contributed by atoms with E-state index in [1.165, 1.54) is 21.6 Å². The fourth-order valence-corrected chi connectivity index (χ4v) is 1.81. The molecule has 84 valence electrons. The van der Waals surface area contributed by atoms with Gasteiger partial charge in [-0.05, 0) is 55.3 Å². The van der Waals surface area contributed by atoms with Crippen LogP contribution in [0.25, 0.3) is 17.7 Å². The number of rotatable bonds is 2. The highest BCUT2D eigenvalue weighted by molar-refractivity contribution is 5.73. The maximum atomic E-state index is 2.24. The first-order chi connectivity index (χ1) is 7.76. The Labute approximate surface area is 98.3 Å². The molecular formula is C16H20. The lowest BCUT2D eigenvalue weighted by Gasteiger charge is -2.02. The van der Waals surface area contributed by atoms with E-state index in [4.69, 9.17) is 0 Å². The quantitative estimate of drug-likeness (QED) is 0.660. The van der Waals surface area contributed by atoms with Crippen molar-refractivity contribution in [2.24, 2.45) is 0 Å². The summed E-state index contributed by atoms with van der Waals surface area (Å²) in [6.45, 7) is 8.27. The van der Waals surface area contributed by atoms with Crippen LogP contribution in [0, 0.1) is 0 Å². The standard InChI is InChI=1S/C16H20/c1-5-9-13(6-2)16-11-10-14(7-3)15(8-4)12-16/h5-12H,1-4H3/b9-5-,13-6+,14-7-,15-8-. The van der Waals surface area contributed by atoms with E-state index in [2.05, 4.69) is 69.4 Å². The zero-order valence-corrected chi connectivity index (χ0v) is 10.6. The van der Waals surface area contributed by atoms with Gasteiger partial charge < -0.3 is 0 Å². The van der Waals surface area contributed by atoms with E-state index in [1.807, 2.05) is 6.92 Å². The van der Waals surface area contributed by atoms with E-state index in [0.717, 1.165) is 0 Å². The summed E-state index contributed by atoms with van der Waals surface area (Å²) < 4.78 is 0. The van der Waals surface area contributed by atoms with E-state index in [0.29, 0.717) is 0 Å². The lowest BCUT2D eigenvalue weighted by Crippen LogP contribution is -2.23. The van der Waals surface area contributed by atoms with Crippen LogP contribution in [0.3, 0.4) is 0 Å². The minimum Gasteiger partial charge on any atom is -0.0871 e. The maximum Gasteiger partial charge on any atom is -0.0181 e. The van der Waals surface area contributed by atoms with Crippen molar-refractivity contribution in [3.63, 3.8) is 0 Å². The average Bonchev–Trinajstić information content (AvgIpc) is 2.35. The molecule has 0 aliphatic rings. The molecule has 0 saturated carbocycles. The van der Waals surface area contributed by atoms with Gasteiger partial charge in [0.15, 0.2) is 0 Å². The van der Waals surface area contributed by atoms with Crippen LogP contribution in [0.5, 0.6) is 0 Å². The molecule has 0 unspecified atom stereocenters. The van der Waals surface area contributed by atoms with Crippen LogP contribution in [0.15, 0.2) is 36.4 Å². The van der Waals surface area contributed by atoms with E-state index < -0.39 is 0 Å². The highest BCUT2D eigenvalue weighted by atomic mass is 14.0. The van der Waals surface area contributed by atoms with Crippen molar-refractivity contribution in [1.82, 2.24) is 0 Å². The molecule has 1 aromatic carbocycles. The van der Waals surface area contributed by atoms with Gasteiger partial charge in [0, 0.05) is 0 Å². The van der Waals surface area contributed by atoms with Crippen molar-refractivity contribution < 1.29 is 0 Å². The Morgan fingerprint density at radius 3 is 2.12 bits per heavy atom. The third-order valence-electron chi connectivity index (χ3n) is 2.70. The summed E-state index contributed by atoms with van der Waals surface area (Å²) in [5.74, 6) is 0. The molecule has 0 aliphatic carbocycles. The predicted octanol–water partition coefficient (Wildman–Crippen LogP) is 3.27. The summed E-state index contributed by atoms with van der Waals surface area (Å²) in [7, 11) is 0. The molecule has 0 fully saturated rings. The molecule has 0 atom stereocenters. The molecule has 0 N–H and O–H groups in total.